The predicted octanol–water partition coefficient (Wildman–Crippen LogP) is 0.746. The molecule has 7 heteroatoms. The predicted molar refractivity (Wildman–Crippen MR) is 82.9 cm³/mol. The zero-order chi connectivity index (χ0) is 15.4. The van der Waals surface area contributed by atoms with E-state index in [0.29, 0.717) is 16.4 Å². The van der Waals surface area contributed by atoms with Gasteiger partial charge < -0.3 is 20.9 Å². The van der Waals surface area contributed by atoms with Gasteiger partial charge in [0.1, 0.15) is 0 Å². The van der Waals surface area contributed by atoms with Gasteiger partial charge in [-0.3, -0.25) is 9.59 Å². The second-order valence-electron chi connectivity index (χ2n) is 4.69. The number of hydrogen-bond acceptors (Lipinski definition) is 3. The molecule has 1 aromatic rings. The normalized spacial score (nSPS) is 9.80. The number of nitrogens with one attached hydrogen (secondary N) is 1. The molecule has 0 aliphatic heterocycles. The van der Waals surface area contributed by atoms with Crippen LogP contribution < -0.4 is 11.1 Å². The zero-order valence-corrected chi connectivity index (χ0v) is 12.7. The highest BCUT2D eigenvalue weighted by Gasteiger charge is 2.13. The second kappa shape index (κ2) is 6.33. The van der Waals surface area contributed by atoms with Gasteiger partial charge in [-0.2, -0.15) is 0 Å². The van der Waals surface area contributed by atoms with Gasteiger partial charge >= 0.3 is 0 Å². The molecule has 0 aliphatic carbocycles. The van der Waals surface area contributed by atoms with E-state index in [9.17, 15) is 9.59 Å². The lowest BCUT2D eigenvalue weighted by molar-refractivity contribution is 0.0827. The summed E-state index contributed by atoms with van der Waals surface area (Å²) in [5, 5.41) is 3.42. The van der Waals surface area contributed by atoms with Crippen molar-refractivity contribution in [3.63, 3.8) is 0 Å². The summed E-state index contributed by atoms with van der Waals surface area (Å²) in [6.07, 6.45) is 0. The van der Waals surface area contributed by atoms with Crippen molar-refractivity contribution >= 4 is 34.8 Å². The molecule has 0 fully saturated rings. The van der Waals surface area contributed by atoms with E-state index in [0.717, 1.165) is 0 Å². The van der Waals surface area contributed by atoms with E-state index in [1.165, 1.54) is 11.0 Å². The third-order valence-corrected chi connectivity index (χ3v) is 3.00. The quantitative estimate of drug-likeness (QED) is 0.804. The van der Waals surface area contributed by atoms with Crippen molar-refractivity contribution in [3.05, 3.63) is 29.3 Å². The molecule has 0 unspecified atom stereocenters. The highest BCUT2D eigenvalue weighted by Crippen LogP contribution is 2.16. The molecule has 0 atom stereocenters. The highest BCUT2D eigenvalue weighted by molar-refractivity contribution is 7.80. The van der Waals surface area contributed by atoms with Crippen LogP contribution >= 0.6 is 12.2 Å². The van der Waals surface area contributed by atoms with Crippen LogP contribution in [0, 0.1) is 0 Å². The molecule has 6 nitrogen and oxygen atoms in total. The van der Waals surface area contributed by atoms with Crippen molar-refractivity contribution < 1.29 is 9.59 Å². The van der Waals surface area contributed by atoms with E-state index in [1.54, 1.807) is 45.2 Å². The van der Waals surface area contributed by atoms with Gasteiger partial charge in [-0.15, -0.1) is 0 Å². The Kier molecular flexibility index (Phi) is 5.04. The molecule has 0 aromatic heterocycles. The van der Waals surface area contributed by atoms with Crippen molar-refractivity contribution in [1.29, 1.82) is 0 Å². The lowest BCUT2D eigenvalue weighted by atomic mass is 10.1. The number of hydrogen-bond donors (Lipinski definition) is 2. The number of carbonyl (C=O) groups excluding carboxylic acids is 2. The first-order valence-corrected chi connectivity index (χ1v) is 6.28. The van der Waals surface area contributed by atoms with Crippen LogP contribution in [0.5, 0.6) is 0 Å². The van der Waals surface area contributed by atoms with E-state index in [2.05, 4.69) is 5.32 Å². The van der Waals surface area contributed by atoms with Crippen molar-refractivity contribution in [1.82, 2.24) is 9.80 Å². The topological polar surface area (TPSA) is 78.7 Å². The van der Waals surface area contributed by atoms with Crippen molar-refractivity contribution in [2.75, 3.05) is 33.5 Å². The van der Waals surface area contributed by atoms with Crippen molar-refractivity contribution in [2.24, 2.45) is 5.73 Å². The molecule has 0 spiro atoms. The van der Waals surface area contributed by atoms with Crippen molar-refractivity contribution in [2.45, 2.75) is 0 Å². The van der Waals surface area contributed by atoms with E-state index >= 15 is 0 Å². The molecule has 108 valence electrons. The van der Waals surface area contributed by atoms with Crippen LogP contribution in [0.4, 0.5) is 5.69 Å². The fraction of sp³-hybridized carbons (Fsp3) is 0.308. The van der Waals surface area contributed by atoms with Gasteiger partial charge in [-0.1, -0.05) is 0 Å². The number of anilines is 1. The minimum atomic E-state index is -0.600. The summed E-state index contributed by atoms with van der Waals surface area (Å²) in [4.78, 5) is 26.5. The minimum absolute atomic E-state index is 0.216. The molecular formula is C13H18N4O2S. The average molecular weight is 294 g/mol. The van der Waals surface area contributed by atoms with Gasteiger partial charge in [0.2, 0.25) is 5.91 Å². The van der Waals surface area contributed by atoms with Gasteiger partial charge in [0.15, 0.2) is 5.11 Å². The van der Waals surface area contributed by atoms with Gasteiger partial charge in [0.25, 0.3) is 5.91 Å². The Hall–Kier alpha value is -2.15. The summed E-state index contributed by atoms with van der Waals surface area (Å²) in [6.45, 7) is 0. The summed E-state index contributed by atoms with van der Waals surface area (Å²) in [5.41, 5.74) is 6.45. The number of rotatable bonds is 3. The Morgan fingerprint density at radius 1 is 1.05 bits per heavy atom. The van der Waals surface area contributed by atoms with Crippen LogP contribution in [-0.4, -0.2) is 54.9 Å². The molecule has 3 N–H and O–H groups in total. The third kappa shape index (κ3) is 3.92. The molecule has 0 radical (unpaired) electrons. The average Bonchev–Trinajstić information content (AvgIpc) is 2.36. The van der Waals surface area contributed by atoms with Crippen molar-refractivity contribution in [3.8, 4) is 0 Å². The van der Waals surface area contributed by atoms with E-state index < -0.39 is 5.91 Å². The third-order valence-electron chi connectivity index (χ3n) is 2.53. The number of thiocarbonyl (C=S) groups is 1. The molecule has 0 saturated carbocycles. The molecule has 0 aliphatic rings. The summed E-state index contributed by atoms with van der Waals surface area (Å²) < 4.78 is 0. The Morgan fingerprint density at radius 2 is 1.60 bits per heavy atom. The van der Waals surface area contributed by atoms with Crippen LogP contribution in [0.15, 0.2) is 18.2 Å². The van der Waals surface area contributed by atoms with Gasteiger partial charge in [-0.05, 0) is 30.4 Å². The number of amides is 2. The maximum absolute atomic E-state index is 12.0. The minimum Gasteiger partial charge on any atom is -0.366 e. The zero-order valence-electron chi connectivity index (χ0n) is 11.9. The molecule has 1 rings (SSSR count). The van der Waals surface area contributed by atoms with E-state index in [-0.39, 0.29) is 11.5 Å². The molecule has 0 heterocycles. The SMILES string of the molecule is CN(C)C(=O)c1cc(NC(=S)N(C)C)cc(C(N)=O)c1. The van der Waals surface area contributed by atoms with E-state index in [4.69, 9.17) is 18.0 Å². The van der Waals surface area contributed by atoms with Gasteiger partial charge in [0, 0.05) is 45.0 Å². The first-order chi connectivity index (χ1) is 9.22. The molecule has 20 heavy (non-hydrogen) atoms. The number of benzene rings is 1. The van der Waals surface area contributed by atoms with Crippen LogP contribution in [0.3, 0.4) is 0 Å². The molecule has 1 aromatic carbocycles. The van der Waals surface area contributed by atoms with E-state index in [1.807, 2.05) is 0 Å². The highest BCUT2D eigenvalue weighted by atomic mass is 32.1. The largest absolute Gasteiger partial charge is 0.366 e. The fourth-order valence-electron chi connectivity index (χ4n) is 1.46. The first kappa shape index (κ1) is 15.9. The second-order valence-corrected chi connectivity index (χ2v) is 5.07. The molecular weight excluding hydrogens is 276 g/mol. The van der Waals surface area contributed by atoms with Crippen LogP contribution in [0.25, 0.3) is 0 Å². The Bertz CT molecular complexity index is 555. The van der Waals surface area contributed by atoms with Gasteiger partial charge in [-0.25, -0.2) is 0 Å². The fourth-order valence-corrected chi connectivity index (χ4v) is 1.58. The maximum Gasteiger partial charge on any atom is 0.253 e. The van der Waals surface area contributed by atoms with Crippen LogP contribution in [-0.2, 0) is 0 Å². The number of nitrogens with zero attached hydrogens (tertiary/aromatic N) is 2. The summed E-state index contributed by atoms with van der Waals surface area (Å²) in [5.74, 6) is -0.816. The molecule has 0 bridgehead atoms. The standard InChI is InChI=1S/C13H18N4O2S/c1-16(2)12(19)9-5-8(11(14)18)6-10(7-9)15-13(20)17(3)4/h5-7H,1-4H3,(H2,14,18)(H,15,20). The number of carbonyl (C=O) groups is 2. The number of nitrogens with two attached hydrogens (primary N) is 1. The monoisotopic (exact) mass is 294 g/mol. The summed E-state index contributed by atoms with van der Waals surface area (Å²) in [6, 6.07) is 4.66. The van der Waals surface area contributed by atoms with Crippen LogP contribution in [0.2, 0.25) is 0 Å². The lowest BCUT2D eigenvalue weighted by Gasteiger charge is -2.17. The Labute approximate surface area is 123 Å². The Balaban J connectivity index is 3.21. The first-order valence-electron chi connectivity index (χ1n) is 5.87. The molecule has 2 amide bonds. The van der Waals surface area contributed by atoms with Crippen LogP contribution in [0.1, 0.15) is 20.7 Å². The maximum atomic E-state index is 12.0. The smallest absolute Gasteiger partial charge is 0.253 e. The number of primary amides is 1. The van der Waals surface area contributed by atoms with Gasteiger partial charge in [0.05, 0.1) is 0 Å². The summed E-state index contributed by atoms with van der Waals surface area (Å²) in [7, 11) is 6.85. The lowest BCUT2D eigenvalue weighted by Crippen LogP contribution is -2.28. The molecule has 0 saturated heterocycles. The summed E-state index contributed by atoms with van der Waals surface area (Å²) >= 11 is 5.13. The Morgan fingerprint density at radius 3 is 2.05 bits per heavy atom.